The van der Waals surface area contributed by atoms with Crippen LogP contribution in [0.3, 0.4) is 0 Å². The van der Waals surface area contributed by atoms with Gasteiger partial charge in [0.15, 0.2) is 0 Å². The number of para-hydroxylation sites is 1. The topological polar surface area (TPSA) is 26.0 Å². The van der Waals surface area contributed by atoms with Crippen molar-refractivity contribution >= 4 is 22.4 Å². The van der Waals surface area contributed by atoms with Gasteiger partial charge in [0, 0.05) is 21.4 Å². The summed E-state index contributed by atoms with van der Waals surface area (Å²) in [6, 6.07) is 8.06. The first kappa shape index (κ1) is 12.1. The molecule has 0 bridgehead atoms. The number of nitrogen functional groups attached to an aromatic ring is 1. The van der Waals surface area contributed by atoms with E-state index in [9.17, 15) is 0 Å². The van der Waals surface area contributed by atoms with Crippen LogP contribution in [0.1, 0.15) is 18.9 Å². The molecular formula is C15H17NS. The molecule has 1 nitrogen and oxygen atoms in total. The first-order valence-electron chi connectivity index (χ1n) is 5.82. The van der Waals surface area contributed by atoms with Gasteiger partial charge in [-0.15, -0.1) is 11.8 Å². The molecule has 0 radical (unpaired) electrons. The first-order chi connectivity index (χ1) is 8.27. The normalized spacial score (nSPS) is 27.1. The Kier molecular flexibility index (Phi) is 4.10. The van der Waals surface area contributed by atoms with Gasteiger partial charge >= 0.3 is 0 Å². The summed E-state index contributed by atoms with van der Waals surface area (Å²) in [6.45, 7) is 2.20. The Morgan fingerprint density at radius 1 is 1.24 bits per heavy atom. The van der Waals surface area contributed by atoms with Crippen molar-refractivity contribution in [3.63, 3.8) is 0 Å². The van der Waals surface area contributed by atoms with Crippen LogP contribution in [0.4, 0.5) is 5.69 Å². The van der Waals surface area contributed by atoms with Gasteiger partial charge in [0.2, 0.25) is 0 Å². The van der Waals surface area contributed by atoms with Crippen LogP contribution in [-0.4, -0.2) is 5.25 Å². The highest BCUT2D eigenvalue weighted by atomic mass is 32.2. The quantitative estimate of drug-likeness (QED) is 0.746. The third-order valence-corrected chi connectivity index (χ3v) is 3.78. The predicted octanol–water partition coefficient (Wildman–Crippen LogP) is 4.25. The largest absolute Gasteiger partial charge is 0.398 e. The molecule has 1 heterocycles. The maximum Gasteiger partial charge on any atom is 0.0398 e. The molecule has 1 unspecified atom stereocenters. The third-order valence-electron chi connectivity index (χ3n) is 2.61. The van der Waals surface area contributed by atoms with Crippen molar-refractivity contribution in [2.45, 2.75) is 18.6 Å². The number of benzene rings is 1. The minimum Gasteiger partial charge on any atom is -0.398 e. The number of thioether (sulfide) groups is 1. The lowest BCUT2D eigenvalue weighted by Gasteiger charge is -2.12. The zero-order chi connectivity index (χ0) is 12.1. The number of hydrogen-bond donors (Lipinski definition) is 1. The van der Waals surface area contributed by atoms with E-state index in [2.05, 4.69) is 43.4 Å². The standard InChI is InChI=1S/C15H17NS/c1-12-8-4-2-3-5-11-15(17-12)13-9-6-7-10-14(13)16/h2-4,6-12H,5,16H2,1H3/b3-2-,8-4-,15-11-. The average molecular weight is 243 g/mol. The summed E-state index contributed by atoms with van der Waals surface area (Å²) in [4.78, 5) is 1.27. The van der Waals surface area contributed by atoms with Gasteiger partial charge in [0.05, 0.1) is 0 Å². The second kappa shape index (κ2) is 5.78. The lowest BCUT2D eigenvalue weighted by atomic mass is 10.1. The van der Waals surface area contributed by atoms with Crippen molar-refractivity contribution in [3.8, 4) is 0 Å². The summed E-state index contributed by atoms with van der Waals surface area (Å²) < 4.78 is 0. The smallest absolute Gasteiger partial charge is 0.0398 e. The van der Waals surface area contributed by atoms with E-state index >= 15 is 0 Å². The van der Waals surface area contributed by atoms with Crippen molar-refractivity contribution in [1.82, 2.24) is 0 Å². The maximum absolute atomic E-state index is 6.04. The molecule has 1 aromatic carbocycles. The van der Waals surface area contributed by atoms with Crippen LogP contribution in [0.25, 0.3) is 4.91 Å². The van der Waals surface area contributed by atoms with Gasteiger partial charge in [-0.1, -0.05) is 48.6 Å². The van der Waals surface area contributed by atoms with Gasteiger partial charge in [-0.05, 0) is 19.4 Å². The molecule has 1 aromatic rings. The summed E-state index contributed by atoms with van der Waals surface area (Å²) in [5.74, 6) is 0. The number of hydrogen-bond acceptors (Lipinski definition) is 2. The van der Waals surface area contributed by atoms with Gasteiger partial charge < -0.3 is 5.73 Å². The van der Waals surface area contributed by atoms with Crippen molar-refractivity contribution < 1.29 is 0 Å². The van der Waals surface area contributed by atoms with Gasteiger partial charge in [0.25, 0.3) is 0 Å². The van der Waals surface area contributed by atoms with Crippen molar-refractivity contribution in [3.05, 3.63) is 60.2 Å². The van der Waals surface area contributed by atoms with Gasteiger partial charge in [0.1, 0.15) is 0 Å². The molecule has 2 heteroatoms. The summed E-state index contributed by atoms with van der Waals surface area (Å²) in [7, 11) is 0. The highest BCUT2D eigenvalue weighted by molar-refractivity contribution is 8.09. The molecule has 0 amide bonds. The predicted molar refractivity (Wildman–Crippen MR) is 78.8 cm³/mol. The van der Waals surface area contributed by atoms with E-state index in [1.165, 1.54) is 4.91 Å². The first-order valence-corrected chi connectivity index (χ1v) is 6.70. The van der Waals surface area contributed by atoms with E-state index in [-0.39, 0.29) is 0 Å². The molecule has 0 saturated heterocycles. The molecule has 17 heavy (non-hydrogen) atoms. The number of allylic oxidation sites excluding steroid dienone is 4. The van der Waals surface area contributed by atoms with Crippen molar-refractivity contribution in [2.24, 2.45) is 0 Å². The van der Waals surface area contributed by atoms with Crippen LogP contribution < -0.4 is 5.73 Å². The Morgan fingerprint density at radius 3 is 2.88 bits per heavy atom. The van der Waals surface area contributed by atoms with E-state index in [0.29, 0.717) is 5.25 Å². The lowest BCUT2D eigenvalue weighted by molar-refractivity contribution is 1.25. The number of nitrogens with two attached hydrogens (primary N) is 1. The molecular weight excluding hydrogens is 226 g/mol. The van der Waals surface area contributed by atoms with Crippen LogP contribution in [0.5, 0.6) is 0 Å². The fourth-order valence-corrected chi connectivity index (χ4v) is 2.81. The van der Waals surface area contributed by atoms with Crippen LogP contribution in [-0.2, 0) is 0 Å². The number of rotatable bonds is 1. The summed E-state index contributed by atoms with van der Waals surface area (Å²) in [5.41, 5.74) is 8.03. The van der Waals surface area contributed by atoms with Crippen molar-refractivity contribution in [2.75, 3.05) is 5.73 Å². The highest BCUT2D eigenvalue weighted by Gasteiger charge is 2.09. The molecule has 0 aromatic heterocycles. The van der Waals surface area contributed by atoms with Crippen LogP contribution in [0.15, 0.2) is 54.6 Å². The van der Waals surface area contributed by atoms with Crippen LogP contribution >= 0.6 is 11.8 Å². The molecule has 0 fully saturated rings. The van der Waals surface area contributed by atoms with E-state index in [4.69, 9.17) is 5.73 Å². The Labute approximate surface area is 107 Å². The van der Waals surface area contributed by atoms with Gasteiger partial charge in [-0.2, -0.15) is 0 Å². The lowest BCUT2D eigenvalue weighted by Crippen LogP contribution is -1.95. The average Bonchev–Trinajstić information content (AvgIpc) is 2.42. The zero-order valence-corrected chi connectivity index (χ0v) is 10.8. The fraction of sp³-hybridized carbons (Fsp3) is 0.200. The molecule has 0 aliphatic carbocycles. The molecule has 1 aliphatic heterocycles. The van der Waals surface area contributed by atoms with E-state index < -0.39 is 0 Å². The third kappa shape index (κ3) is 3.27. The molecule has 0 spiro atoms. The molecule has 2 rings (SSSR count). The molecule has 1 atom stereocenters. The second-order valence-corrected chi connectivity index (χ2v) is 5.45. The van der Waals surface area contributed by atoms with E-state index in [0.717, 1.165) is 17.7 Å². The maximum atomic E-state index is 6.04. The van der Waals surface area contributed by atoms with E-state index in [1.807, 2.05) is 30.0 Å². The van der Waals surface area contributed by atoms with Crippen LogP contribution in [0.2, 0.25) is 0 Å². The molecule has 2 N–H and O–H groups in total. The Morgan fingerprint density at radius 2 is 2.06 bits per heavy atom. The fourth-order valence-electron chi connectivity index (χ4n) is 1.74. The molecule has 0 saturated carbocycles. The minimum atomic E-state index is 0.462. The van der Waals surface area contributed by atoms with Gasteiger partial charge in [-0.3, -0.25) is 0 Å². The summed E-state index contributed by atoms with van der Waals surface area (Å²) in [5, 5.41) is 0.462. The van der Waals surface area contributed by atoms with Crippen molar-refractivity contribution in [1.29, 1.82) is 0 Å². The number of anilines is 1. The van der Waals surface area contributed by atoms with Gasteiger partial charge in [-0.25, -0.2) is 0 Å². The van der Waals surface area contributed by atoms with Crippen LogP contribution in [0, 0.1) is 0 Å². The Bertz CT molecular complexity index is 472. The Hall–Kier alpha value is -1.41. The monoisotopic (exact) mass is 243 g/mol. The molecule has 1 aliphatic rings. The minimum absolute atomic E-state index is 0.462. The summed E-state index contributed by atoms with van der Waals surface area (Å²) in [6.07, 6.45) is 11.8. The summed E-state index contributed by atoms with van der Waals surface area (Å²) >= 11 is 1.86. The molecule has 88 valence electrons. The second-order valence-electron chi connectivity index (χ2n) is 4.03. The SMILES string of the molecule is CC1/C=C\C=C/C/C=C(/c2ccccc2N)S1. The highest BCUT2D eigenvalue weighted by Crippen LogP contribution is 2.35. The van der Waals surface area contributed by atoms with E-state index in [1.54, 1.807) is 0 Å². The Balaban J connectivity index is 2.33. The zero-order valence-electron chi connectivity index (χ0n) is 9.97.